The molecule has 4 heteroatoms. The monoisotopic (exact) mass is 293 g/mol. The van der Waals surface area contributed by atoms with E-state index in [1.165, 1.54) is 25.7 Å². The quantitative estimate of drug-likeness (QED) is 0.828. The number of fused-ring (bicyclic) bond motifs is 2. The third kappa shape index (κ3) is 3.59. The summed E-state index contributed by atoms with van der Waals surface area (Å²) in [5.41, 5.74) is 0. The summed E-state index contributed by atoms with van der Waals surface area (Å²) in [7, 11) is 0. The van der Waals surface area contributed by atoms with E-state index < -0.39 is 0 Å². The van der Waals surface area contributed by atoms with Crippen molar-refractivity contribution in [3.8, 4) is 0 Å². The highest BCUT2D eigenvalue weighted by molar-refractivity contribution is 5.78. The third-order valence-corrected chi connectivity index (χ3v) is 5.82. The molecule has 2 N–H and O–H groups in total. The van der Waals surface area contributed by atoms with E-state index in [2.05, 4.69) is 36.3 Å². The maximum absolute atomic E-state index is 12.3. The molecule has 2 bridgehead atoms. The highest BCUT2D eigenvalue weighted by Gasteiger charge is 2.42. The van der Waals surface area contributed by atoms with Gasteiger partial charge in [-0.3, -0.25) is 9.69 Å². The number of nitrogens with zero attached hydrogens (tertiary/aromatic N) is 1. The number of rotatable bonds is 4. The predicted octanol–water partition coefficient (Wildman–Crippen LogP) is 1.61. The first kappa shape index (κ1) is 15.3. The zero-order valence-corrected chi connectivity index (χ0v) is 13.8. The van der Waals surface area contributed by atoms with Crippen molar-refractivity contribution in [1.82, 2.24) is 15.5 Å². The molecule has 2 aliphatic carbocycles. The van der Waals surface area contributed by atoms with E-state index in [1.54, 1.807) is 0 Å². The molecule has 1 aliphatic heterocycles. The lowest BCUT2D eigenvalue weighted by Gasteiger charge is -2.36. The van der Waals surface area contributed by atoms with Crippen LogP contribution in [0.15, 0.2) is 0 Å². The maximum atomic E-state index is 12.3. The van der Waals surface area contributed by atoms with Crippen LogP contribution in [-0.2, 0) is 4.79 Å². The van der Waals surface area contributed by atoms with E-state index in [0.717, 1.165) is 30.8 Å². The molecule has 4 nitrogen and oxygen atoms in total. The van der Waals surface area contributed by atoms with Crippen molar-refractivity contribution in [2.45, 2.75) is 64.6 Å². The average Bonchev–Trinajstić information content (AvgIpc) is 2.99. The SMILES string of the molecule is CC1CN(CC(=O)NC(C)C2CC3CCC2C3)CC(C)N1. The Balaban J connectivity index is 1.45. The van der Waals surface area contributed by atoms with E-state index in [-0.39, 0.29) is 5.91 Å². The van der Waals surface area contributed by atoms with Gasteiger partial charge in [0.25, 0.3) is 0 Å². The molecule has 1 amide bonds. The Bertz CT molecular complexity index is 376. The molecular weight excluding hydrogens is 262 g/mol. The minimum absolute atomic E-state index is 0.214. The topological polar surface area (TPSA) is 44.4 Å². The Morgan fingerprint density at radius 2 is 1.95 bits per heavy atom. The van der Waals surface area contributed by atoms with Crippen LogP contribution in [0.4, 0.5) is 0 Å². The molecular formula is C17H31N3O. The van der Waals surface area contributed by atoms with Crippen molar-refractivity contribution >= 4 is 5.91 Å². The first-order valence-corrected chi connectivity index (χ1v) is 8.79. The van der Waals surface area contributed by atoms with Crippen LogP contribution >= 0.6 is 0 Å². The predicted molar refractivity (Wildman–Crippen MR) is 85.0 cm³/mol. The molecule has 0 aromatic heterocycles. The Labute approximate surface area is 129 Å². The largest absolute Gasteiger partial charge is 0.352 e. The number of nitrogens with one attached hydrogen (secondary N) is 2. The number of carbonyl (C=O) groups is 1. The summed E-state index contributed by atoms with van der Waals surface area (Å²) in [5.74, 6) is 2.78. The normalized spacial score (nSPS) is 41.2. The van der Waals surface area contributed by atoms with E-state index in [4.69, 9.17) is 0 Å². The molecule has 21 heavy (non-hydrogen) atoms. The van der Waals surface area contributed by atoms with Crippen molar-refractivity contribution in [3.05, 3.63) is 0 Å². The van der Waals surface area contributed by atoms with Crippen LogP contribution in [0.25, 0.3) is 0 Å². The van der Waals surface area contributed by atoms with E-state index in [1.807, 2.05) is 0 Å². The lowest BCUT2D eigenvalue weighted by atomic mass is 9.84. The molecule has 2 saturated carbocycles. The van der Waals surface area contributed by atoms with Crippen LogP contribution in [0.2, 0.25) is 0 Å². The highest BCUT2D eigenvalue weighted by Crippen LogP contribution is 2.49. The van der Waals surface area contributed by atoms with Gasteiger partial charge in [0.1, 0.15) is 0 Å². The van der Waals surface area contributed by atoms with Crippen molar-refractivity contribution in [2.24, 2.45) is 17.8 Å². The number of amides is 1. The summed E-state index contributed by atoms with van der Waals surface area (Å²) in [6, 6.07) is 1.31. The van der Waals surface area contributed by atoms with Crippen LogP contribution in [0.3, 0.4) is 0 Å². The smallest absolute Gasteiger partial charge is 0.234 e. The van der Waals surface area contributed by atoms with Crippen molar-refractivity contribution < 1.29 is 4.79 Å². The molecule has 120 valence electrons. The molecule has 3 fully saturated rings. The molecule has 3 rings (SSSR count). The number of carbonyl (C=O) groups excluding carboxylic acids is 1. The third-order valence-electron chi connectivity index (χ3n) is 5.82. The molecule has 6 unspecified atom stereocenters. The van der Waals surface area contributed by atoms with Gasteiger partial charge >= 0.3 is 0 Å². The lowest BCUT2D eigenvalue weighted by molar-refractivity contribution is -0.123. The first-order valence-electron chi connectivity index (χ1n) is 8.79. The van der Waals surface area contributed by atoms with Crippen LogP contribution in [0.1, 0.15) is 46.5 Å². The second kappa shape index (κ2) is 6.25. The number of hydrogen-bond donors (Lipinski definition) is 2. The zero-order chi connectivity index (χ0) is 15.0. The average molecular weight is 293 g/mol. The van der Waals surface area contributed by atoms with Gasteiger partial charge < -0.3 is 10.6 Å². The minimum Gasteiger partial charge on any atom is -0.352 e. The van der Waals surface area contributed by atoms with Gasteiger partial charge in [-0.1, -0.05) is 6.42 Å². The van der Waals surface area contributed by atoms with Crippen LogP contribution in [-0.4, -0.2) is 48.6 Å². The number of hydrogen-bond acceptors (Lipinski definition) is 3. The highest BCUT2D eigenvalue weighted by atomic mass is 16.2. The second-order valence-corrected chi connectivity index (χ2v) is 7.86. The Hall–Kier alpha value is -0.610. The van der Waals surface area contributed by atoms with Gasteiger partial charge in [-0.15, -0.1) is 0 Å². The van der Waals surface area contributed by atoms with E-state index in [9.17, 15) is 4.79 Å². The van der Waals surface area contributed by atoms with Gasteiger partial charge in [-0.05, 0) is 57.8 Å². The van der Waals surface area contributed by atoms with E-state index in [0.29, 0.717) is 24.7 Å². The van der Waals surface area contributed by atoms with Crippen molar-refractivity contribution in [3.63, 3.8) is 0 Å². The Morgan fingerprint density at radius 3 is 2.52 bits per heavy atom. The summed E-state index contributed by atoms with van der Waals surface area (Å²) in [5, 5.41) is 6.80. The van der Waals surface area contributed by atoms with Crippen LogP contribution < -0.4 is 10.6 Å². The molecule has 6 atom stereocenters. The van der Waals surface area contributed by atoms with Gasteiger partial charge in [0.15, 0.2) is 0 Å². The van der Waals surface area contributed by atoms with Crippen LogP contribution in [0.5, 0.6) is 0 Å². The van der Waals surface area contributed by atoms with Gasteiger partial charge in [0.05, 0.1) is 6.54 Å². The fourth-order valence-electron chi connectivity index (χ4n) is 5.09. The molecule has 0 spiro atoms. The van der Waals surface area contributed by atoms with E-state index >= 15 is 0 Å². The maximum Gasteiger partial charge on any atom is 0.234 e. The molecule has 3 aliphatic rings. The summed E-state index contributed by atoms with van der Waals surface area (Å²) in [6.07, 6.45) is 5.58. The lowest BCUT2D eigenvalue weighted by Crippen LogP contribution is -2.56. The number of piperazine rings is 1. The van der Waals surface area contributed by atoms with Gasteiger partial charge in [-0.25, -0.2) is 0 Å². The Kier molecular flexibility index (Phi) is 4.55. The standard InChI is InChI=1S/C17H31N3O/c1-11-8-20(9-12(2)18-11)10-17(21)19-13(3)16-7-14-4-5-15(16)6-14/h11-16,18H,4-10H2,1-3H3,(H,19,21). The summed E-state index contributed by atoms with van der Waals surface area (Å²) in [6.45, 7) is 9.10. The Morgan fingerprint density at radius 1 is 1.24 bits per heavy atom. The second-order valence-electron chi connectivity index (χ2n) is 7.86. The van der Waals surface area contributed by atoms with Gasteiger partial charge in [-0.2, -0.15) is 0 Å². The zero-order valence-electron chi connectivity index (χ0n) is 13.8. The fourth-order valence-corrected chi connectivity index (χ4v) is 5.09. The fraction of sp³-hybridized carbons (Fsp3) is 0.941. The summed E-state index contributed by atoms with van der Waals surface area (Å²) >= 11 is 0. The minimum atomic E-state index is 0.214. The summed E-state index contributed by atoms with van der Waals surface area (Å²) in [4.78, 5) is 14.6. The molecule has 0 aromatic carbocycles. The first-order chi connectivity index (χ1) is 10.0. The van der Waals surface area contributed by atoms with Gasteiger partial charge in [0, 0.05) is 31.2 Å². The van der Waals surface area contributed by atoms with Crippen molar-refractivity contribution in [2.75, 3.05) is 19.6 Å². The van der Waals surface area contributed by atoms with Gasteiger partial charge in [0.2, 0.25) is 5.91 Å². The molecule has 1 heterocycles. The molecule has 0 radical (unpaired) electrons. The summed E-state index contributed by atoms with van der Waals surface area (Å²) < 4.78 is 0. The molecule has 0 aromatic rings. The van der Waals surface area contributed by atoms with Crippen molar-refractivity contribution in [1.29, 1.82) is 0 Å². The van der Waals surface area contributed by atoms with Crippen LogP contribution in [0, 0.1) is 17.8 Å². The molecule has 1 saturated heterocycles.